The monoisotopic (exact) mass is 222 g/mol. The highest BCUT2D eigenvalue weighted by molar-refractivity contribution is 5.86. The topological polar surface area (TPSA) is 58.2 Å². The summed E-state index contributed by atoms with van der Waals surface area (Å²) < 4.78 is 23.6. The van der Waals surface area contributed by atoms with Crippen molar-refractivity contribution in [2.45, 2.75) is 33.2 Å². The molecule has 4 nitrogen and oxygen atoms in total. The smallest absolute Gasteiger partial charge is 0.255 e. The number of carbonyl (C=O) groups excluding carboxylic acids is 2. The third kappa shape index (κ3) is 5.98. The highest BCUT2D eigenvalue weighted by atomic mass is 19.3. The van der Waals surface area contributed by atoms with E-state index >= 15 is 0 Å². The fourth-order valence-electron chi connectivity index (χ4n) is 1.04. The van der Waals surface area contributed by atoms with E-state index in [9.17, 15) is 18.4 Å². The Morgan fingerprint density at radius 3 is 2.13 bits per heavy atom. The molecule has 2 amide bonds. The molecule has 0 fully saturated rings. The maximum absolute atomic E-state index is 11.8. The number of hydrogen-bond acceptors (Lipinski definition) is 2. The number of carbonyl (C=O) groups is 2. The van der Waals surface area contributed by atoms with Gasteiger partial charge in [0.25, 0.3) is 6.43 Å². The lowest BCUT2D eigenvalue weighted by Crippen LogP contribution is -2.49. The Balaban J connectivity index is 4.23. The van der Waals surface area contributed by atoms with Crippen molar-refractivity contribution in [3.63, 3.8) is 0 Å². The first-order chi connectivity index (χ1) is 6.84. The molecule has 15 heavy (non-hydrogen) atoms. The van der Waals surface area contributed by atoms with Crippen LogP contribution in [-0.2, 0) is 9.59 Å². The van der Waals surface area contributed by atoms with Crippen LogP contribution in [0.1, 0.15) is 20.8 Å². The Morgan fingerprint density at radius 1 is 1.27 bits per heavy atom. The Labute approximate surface area is 87.4 Å². The van der Waals surface area contributed by atoms with Gasteiger partial charge in [0, 0.05) is 6.92 Å². The molecule has 0 rings (SSSR count). The van der Waals surface area contributed by atoms with Gasteiger partial charge in [-0.1, -0.05) is 13.8 Å². The van der Waals surface area contributed by atoms with Crippen LogP contribution in [0, 0.1) is 5.92 Å². The summed E-state index contributed by atoms with van der Waals surface area (Å²) >= 11 is 0. The molecule has 0 aliphatic carbocycles. The maximum Gasteiger partial charge on any atom is 0.255 e. The van der Waals surface area contributed by atoms with Gasteiger partial charge in [-0.2, -0.15) is 0 Å². The van der Waals surface area contributed by atoms with Crippen LogP contribution in [0.2, 0.25) is 0 Å². The summed E-state index contributed by atoms with van der Waals surface area (Å²) in [5.41, 5.74) is 0. The van der Waals surface area contributed by atoms with E-state index in [2.05, 4.69) is 10.6 Å². The van der Waals surface area contributed by atoms with Gasteiger partial charge in [0.2, 0.25) is 11.8 Å². The van der Waals surface area contributed by atoms with Crippen LogP contribution in [0.3, 0.4) is 0 Å². The van der Waals surface area contributed by atoms with E-state index in [1.807, 2.05) is 0 Å². The molecular weight excluding hydrogens is 206 g/mol. The van der Waals surface area contributed by atoms with E-state index in [0.717, 1.165) is 0 Å². The average Bonchev–Trinajstić information content (AvgIpc) is 2.09. The molecule has 1 atom stereocenters. The van der Waals surface area contributed by atoms with Gasteiger partial charge < -0.3 is 10.6 Å². The molecule has 2 N–H and O–H groups in total. The lowest BCUT2D eigenvalue weighted by Gasteiger charge is -2.20. The summed E-state index contributed by atoms with van der Waals surface area (Å²) in [5, 5.41) is 4.47. The molecule has 0 heterocycles. The van der Waals surface area contributed by atoms with Crippen molar-refractivity contribution in [3.8, 4) is 0 Å². The molecule has 0 aromatic carbocycles. The Kier molecular flexibility index (Phi) is 5.81. The molecule has 0 radical (unpaired) electrons. The third-order valence-corrected chi connectivity index (χ3v) is 1.74. The standard InChI is InChI=1S/C9H16F2N2O2/c1-5(2)8(13-6(3)14)9(15)12-4-7(10)11/h5,7-8H,4H2,1-3H3,(H,12,15)(H,13,14)/t8-/m1/s1. The SMILES string of the molecule is CC(=O)N[C@@H](C(=O)NCC(F)F)C(C)C. The zero-order valence-corrected chi connectivity index (χ0v) is 9.01. The zero-order valence-electron chi connectivity index (χ0n) is 9.01. The highest BCUT2D eigenvalue weighted by Gasteiger charge is 2.23. The summed E-state index contributed by atoms with van der Waals surface area (Å²) in [6, 6.07) is -0.763. The van der Waals surface area contributed by atoms with Crippen LogP contribution >= 0.6 is 0 Å². The molecule has 0 aromatic heterocycles. The van der Waals surface area contributed by atoms with Crippen molar-refractivity contribution < 1.29 is 18.4 Å². The first-order valence-corrected chi connectivity index (χ1v) is 4.67. The van der Waals surface area contributed by atoms with Gasteiger partial charge in [-0.05, 0) is 5.92 Å². The fourth-order valence-corrected chi connectivity index (χ4v) is 1.04. The minimum absolute atomic E-state index is 0.147. The van der Waals surface area contributed by atoms with Crippen LogP contribution in [-0.4, -0.2) is 30.8 Å². The molecule has 0 aromatic rings. The van der Waals surface area contributed by atoms with Crippen LogP contribution in [0.4, 0.5) is 8.78 Å². The summed E-state index contributed by atoms with van der Waals surface area (Å²) in [4.78, 5) is 22.1. The van der Waals surface area contributed by atoms with Gasteiger partial charge in [0.1, 0.15) is 6.04 Å². The zero-order chi connectivity index (χ0) is 12.0. The summed E-state index contributed by atoms with van der Waals surface area (Å²) in [6.45, 7) is 4.03. The molecular formula is C9H16F2N2O2. The lowest BCUT2D eigenvalue weighted by atomic mass is 10.0. The number of alkyl halides is 2. The number of nitrogens with one attached hydrogen (secondary N) is 2. The van der Waals surface area contributed by atoms with E-state index in [4.69, 9.17) is 0 Å². The average molecular weight is 222 g/mol. The fraction of sp³-hybridized carbons (Fsp3) is 0.778. The van der Waals surface area contributed by atoms with E-state index in [-0.39, 0.29) is 11.8 Å². The largest absolute Gasteiger partial charge is 0.349 e. The molecule has 0 bridgehead atoms. The van der Waals surface area contributed by atoms with Crippen molar-refractivity contribution >= 4 is 11.8 Å². The summed E-state index contributed by atoms with van der Waals surface area (Å²) in [7, 11) is 0. The molecule has 0 spiro atoms. The molecule has 0 aliphatic rings. The predicted molar refractivity (Wildman–Crippen MR) is 51.5 cm³/mol. The van der Waals surface area contributed by atoms with E-state index < -0.39 is 24.9 Å². The van der Waals surface area contributed by atoms with Crippen molar-refractivity contribution in [2.24, 2.45) is 5.92 Å². The molecule has 88 valence electrons. The second-order valence-corrected chi connectivity index (χ2v) is 3.56. The minimum Gasteiger partial charge on any atom is -0.349 e. The number of halogens is 2. The second kappa shape index (κ2) is 6.31. The van der Waals surface area contributed by atoms with Crippen molar-refractivity contribution in [1.29, 1.82) is 0 Å². The number of hydrogen-bond donors (Lipinski definition) is 2. The van der Waals surface area contributed by atoms with Gasteiger partial charge in [0.05, 0.1) is 6.54 Å². The number of rotatable bonds is 5. The van der Waals surface area contributed by atoms with Crippen molar-refractivity contribution in [3.05, 3.63) is 0 Å². The summed E-state index contributed by atoms with van der Waals surface area (Å²) in [5.74, 6) is -1.09. The van der Waals surface area contributed by atoms with Crippen LogP contribution < -0.4 is 10.6 Å². The van der Waals surface area contributed by atoms with Crippen molar-refractivity contribution in [1.82, 2.24) is 10.6 Å². The van der Waals surface area contributed by atoms with Gasteiger partial charge in [0.15, 0.2) is 0 Å². The van der Waals surface area contributed by atoms with Crippen molar-refractivity contribution in [2.75, 3.05) is 6.54 Å². The van der Waals surface area contributed by atoms with E-state index in [1.54, 1.807) is 13.8 Å². The number of amides is 2. The Morgan fingerprint density at radius 2 is 1.80 bits per heavy atom. The molecule has 6 heteroatoms. The first kappa shape index (κ1) is 13.8. The van der Waals surface area contributed by atoms with Gasteiger partial charge in [-0.25, -0.2) is 8.78 Å². The highest BCUT2D eigenvalue weighted by Crippen LogP contribution is 2.02. The van der Waals surface area contributed by atoms with Crippen LogP contribution in [0.15, 0.2) is 0 Å². The quantitative estimate of drug-likeness (QED) is 0.712. The van der Waals surface area contributed by atoms with Crippen LogP contribution in [0.5, 0.6) is 0 Å². The molecule has 0 saturated heterocycles. The Hall–Kier alpha value is -1.20. The van der Waals surface area contributed by atoms with Gasteiger partial charge in [-0.3, -0.25) is 9.59 Å². The van der Waals surface area contributed by atoms with Gasteiger partial charge in [-0.15, -0.1) is 0 Å². The van der Waals surface area contributed by atoms with E-state index in [1.165, 1.54) is 6.92 Å². The molecule has 0 aliphatic heterocycles. The lowest BCUT2D eigenvalue weighted by molar-refractivity contribution is -0.129. The van der Waals surface area contributed by atoms with Gasteiger partial charge >= 0.3 is 0 Å². The van der Waals surface area contributed by atoms with Crippen LogP contribution in [0.25, 0.3) is 0 Å². The predicted octanol–water partition coefficient (Wildman–Crippen LogP) is 0.528. The third-order valence-electron chi connectivity index (χ3n) is 1.74. The second-order valence-electron chi connectivity index (χ2n) is 3.56. The normalized spacial score (nSPS) is 12.7. The minimum atomic E-state index is -2.58. The molecule has 0 saturated carbocycles. The summed E-state index contributed by atoms with van der Waals surface area (Å²) in [6.07, 6.45) is -2.58. The molecule has 0 unspecified atom stereocenters. The Bertz CT molecular complexity index is 232. The van der Waals surface area contributed by atoms with E-state index in [0.29, 0.717) is 0 Å². The first-order valence-electron chi connectivity index (χ1n) is 4.67. The maximum atomic E-state index is 11.8.